The summed E-state index contributed by atoms with van der Waals surface area (Å²) >= 11 is 0. The summed E-state index contributed by atoms with van der Waals surface area (Å²) in [4.78, 5) is 11.0. The summed E-state index contributed by atoms with van der Waals surface area (Å²) in [6.45, 7) is 3.79. The molecule has 5 heteroatoms. The first-order valence-electron chi connectivity index (χ1n) is 6.89. The van der Waals surface area contributed by atoms with Gasteiger partial charge in [-0.2, -0.15) is 0 Å². The molecule has 0 saturated carbocycles. The number of carbonyl (C=O) groups excluding carboxylic acids is 1. The Morgan fingerprint density at radius 1 is 1.24 bits per heavy atom. The maximum Gasteiger partial charge on any atom is 0.343 e. The van der Waals surface area contributed by atoms with Gasteiger partial charge in [-0.1, -0.05) is 0 Å². The third-order valence-corrected chi connectivity index (χ3v) is 3.11. The van der Waals surface area contributed by atoms with Crippen molar-refractivity contribution >= 4 is 11.7 Å². The van der Waals surface area contributed by atoms with Crippen LogP contribution in [0.25, 0.3) is 0 Å². The number of nitrogens with zero attached hydrogens (tertiary/aromatic N) is 1. The average molecular weight is 288 g/mol. The SMILES string of the molecule is CCn1ccc(CNc2ccc(OCC(=O)OC)cc2)c1. The van der Waals surface area contributed by atoms with Crippen LogP contribution in [0.15, 0.2) is 42.7 Å². The second-order valence-electron chi connectivity index (χ2n) is 4.59. The van der Waals surface area contributed by atoms with E-state index in [1.165, 1.54) is 12.7 Å². The molecule has 0 atom stereocenters. The molecular formula is C16H20N2O3. The van der Waals surface area contributed by atoms with Gasteiger partial charge in [0.25, 0.3) is 0 Å². The summed E-state index contributed by atoms with van der Waals surface area (Å²) in [5.41, 5.74) is 2.24. The summed E-state index contributed by atoms with van der Waals surface area (Å²) in [7, 11) is 1.34. The molecule has 0 aliphatic carbocycles. The van der Waals surface area contributed by atoms with Crippen LogP contribution in [0.4, 0.5) is 5.69 Å². The predicted molar refractivity (Wildman–Crippen MR) is 81.4 cm³/mol. The van der Waals surface area contributed by atoms with Crippen LogP contribution in [-0.2, 0) is 22.6 Å². The van der Waals surface area contributed by atoms with Crippen molar-refractivity contribution in [2.75, 3.05) is 19.0 Å². The van der Waals surface area contributed by atoms with Crippen LogP contribution in [0.1, 0.15) is 12.5 Å². The quantitative estimate of drug-likeness (QED) is 0.796. The molecule has 0 amide bonds. The molecule has 0 aliphatic rings. The zero-order chi connectivity index (χ0) is 15.1. The Hall–Kier alpha value is -2.43. The number of carbonyl (C=O) groups is 1. The number of aromatic nitrogens is 1. The highest BCUT2D eigenvalue weighted by Crippen LogP contribution is 2.16. The highest BCUT2D eigenvalue weighted by molar-refractivity contribution is 5.70. The molecule has 1 aromatic heterocycles. The van der Waals surface area contributed by atoms with Gasteiger partial charge < -0.3 is 19.4 Å². The Morgan fingerprint density at radius 2 is 2.00 bits per heavy atom. The van der Waals surface area contributed by atoms with E-state index < -0.39 is 5.97 Å². The first-order chi connectivity index (χ1) is 10.2. The highest BCUT2D eigenvalue weighted by atomic mass is 16.6. The van der Waals surface area contributed by atoms with Gasteiger partial charge in [0.15, 0.2) is 6.61 Å². The van der Waals surface area contributed by atoms with Crippen LogP contribution in [-0.4, -0.2) is 24.3 Å². The van der Waals surface area contributed by atoms with Gasteiger partial charge in [0.05, 0.1) is 7.11 Å². The zero-order valence-electron chi connectivity index (χ0n) is 12.3. The van der Waals surface area contributed by atoms with E-state index in [2.05, 4.69) is 40.0 Å². The van der Waals surface area contributed by atoms with E-state index in [0.29, 0.717) is 5.75 Å². The average Bonchev–Trinajstić information content (AvgIpc) is 2.99. The summed E-state index contributed by atoms with van der Waals surface area (Å²) in [6, 6.07) is 9.59. The van der Waals surface area contributed by atoms with Gasteiger partial charge in [-0.05, 0) is 42.8 Å². The third-order valence-electron chi connectivity index (χ3n) is 3.11. The standard InChI is InChI=1S/C16H20N2O3/c1-3-18-9-8-13(11-18)10-17-14-4-6-15(7-5-14)21-12-16(19)20-2/h4-9,11,17H,3,10,12H2,1-2H3. The van der Waals surface area contributed by atoms with Crippen LogP contribution >= 0.6 is 0 Å². The normalized spacial score (nSPS) is 10.2. The molecule has 21 heavy (non-hydrogen) atoms. The Labute approximate surface area is 124 Å². The van der Waals surface area contributed by atoms with Gasteiger partial charge >= 0.3 is 5.97 Å². The fraction of sp³-hybridized carbons (Fsp3) is 0.312. The molecule has 2 rings (SSSR count). The second-order valence-corrected chi connectivity index (χ2v) is 4.59. The van der Waals surface area contributed by atoms with Crippen molar-refractivity contribution in [3.63, 3.8) is 0 Å². The number of ether oxygens (including phenoxy) is 2. The van der Waals surface area contributed by atoms with E-state index >= 15 is 0 Å². The smallest absolute Gasteiger partial charge is 0.343 e. The van der Waals surface area contributed by atoms with E-state index in [-0.39, 0.29) is 6.61 Å². The number of benzene rings is 1. The van der Waals surface area contributed by atoms with E-state index in [0.717, 1.165) is 18.8 Å². The predicted octanol–water partition coefficient (Wildman–Crippen LogP) is 2.67. The second kappa shape index (κ2) is 7.38. The number of methoxy groups -OCH3 is 1. The Morgan fingerprint density at radius 3 is 2.62 bits per heavy atom. The summed E-state index contributed by atoms with van der Waals surface area (Å²) in [5, 5.41) is 3.34. The molecule has 5 nitrogen and oxygen atoms in total. The van der Waals surface area contributed by atoms with Crippen molar-refractivity contribution in [3.8, 4) is 5.75 Å². The van der Waals surface area contributed by atoms with Crippen molar-refractivity contribution in [2.45, 2.75) is 20.0 Å². The summed E-state index contributed by atoms with van der Waals surface area (Å²) in [6.07, 6.45) is 4.20. The van der Waals surface area contributed by atoms with E-state index in [1.54, 1.807) is 0 Å². The number of rotatable bonds is 7. The Balaban J connectivity index is 1.83. The molecule has 0 spiro atoms. The molecule has 112 valence electrons. The number of nitrogens with one attached hydrogen (secondary N) is 1. The lowest BCUT2D eigenvalue weighted by Gasteiger charge is -2.08. The number of hydrogen-bond acceptors (Lipinski definition) is 4. The van der Waals surface area contributed by atoms with Gasteiger partial charge in [-0.3, -0.25) is 0 Å². The van der Waals surface area contributed by atoms with Crippen molar-refractivity contribution < 1.29 is 14.3 Å². The van der Waals surface area contributed by atoms with Gasteiger partial charge in [0, 0.05) is 31.2 Å². The van der Waals surface area contributed by atoms with Crippen molar-refractivity contribution in [1.82, 2.24) is 4.57 Å². The molecular weight excluding hydrogens is 268 g/mol. The molecule has 0 radical (unpaired) electrons. The van der Waals surface area contributed by atoms with E-state index in [9.17, 15) is 4.79 Å². The van der Waals surface area contributed by atoms with Gasteiger partial charge in [-0.15, -0.1) is 0 Å². The number of aryl methyl sites for hydroxylation is 1. The van der Waals surface area contributed by atoms with Crippen molar-refractivity contribution in [3.05, 3.63) is 48.3 Å². The number of esters is 1. The van der Waals surface area contributed by atoms with Crippen LogP contribution in [0.3, 0.4) is 0 Å². The minimum atomic E-state index is -0.391. The van der Waals surface area contributed by atoms with E-state index in [4.69, 9.17) is 4.74 Å². The van der Waals surface area contributed by atoms with E-state index in [1.807, 2.05) is 24.3 Å². The lowest BCUT2D eigenvalue weighted by molar-refractivity contribution is -0.142. The maximum atomic E-state index is 11.0. The topological polar surface area (TPSA) is 52.5 Å². The van der Waals surface area contributed by atoms with Gasteiger partial charge in [0.2, 0.25) is 0 Å². The minimum Gasteiger partial charge on any atom is -0.482 e. The molecule has 1 N–H and O–H groups in total. The molecule has 1 aromatic carbocycles. The largest absolute Gasteiger partial charge is 0.482 e. The monoisotopic (exact) mass is 288 g/mol. The number of hydrogen-bond donors (Lipinski definition) is 1. The van der Waals surface area contributed by atoms with Gasteiger partial charge in [0.1, 0.15) is 5.75 Å². The zero-order valence-corrected chi connectivity index (χ0v) is 12.3. The first-order valence-corrected chi connectivity index (χ1v) is 6.89. The molecule has 2 aromatic rings. The molecule has 0 aliphatic heterocycles. The van der Waals surface area contributed by atoms with Crippen LogP contribution in [0.2, 0.25) is 0 Å². The van der Waals surface area contributed by atoms with Crippen LogP contribution in [0, 0.1) is 0 Å². The minimum absolute atomic E-state index is 0.0756. The Bertz CT molecular complexity index is 575. The lowest BCUT2D eigenvalue weighted by Crippen LogP contribution is -2.12. The van der Waals surface area contributed by atoms with Crippen LogP contribution < -0.4 is 10.1 Å². The molecule has 0 unspecified atom stereocenters. The number of anilines is 1. The summed E-state index contributed by atoms with van der Waals surface area (Å²) < 4.78 is 11.9. The summed E-state index contributed by atoms with van der Waals surface area (Å²) in [5.74, 6) is 0.251. The maximum absolute atomic E-state index is 11.0. The highest BCUT2D eigenvalue weighted by Gasteiger charge is 2.02. The fourth-order valence-corrected chi connectivity index (χ4v) is 1.87. The van der Waals surface area contributed by atoms with Crippen molar-refractivity contribution in [1.29, 1.82) is 0 Å². The van der Waals surface area contributed by atoms with Gasteiger partial charge in [-0.25, -0.2) is 4.79 Å². The fourth-order valence-electron chi connectivity index (χ4n) is 1.87. The van der Waals surface area contributed by atoms with Crippen LogP contribution in [0.5, 0.6) is 5.75 Å². The molecule has 0 bridgehead atoms. The third kappa shape index (κ3) is 4.56. The molecule has 0 fully saturated rings. The molecule has 1 heterocycles. The van der Waals surface area contributed by atoms with Crippen molar-refractivity contribution in [2.24, 2.45) is 0 Å². The Kier molecular flexibility index (Phi) is 5.26. The molecule has 0 saturated heterocycles. The first kappa shape index (κ1) is 15.0. The lowest BCUT2D eigenvalue weighted by atomic mass is 10.3.